The van der Waals surface area contributed by atoms with Crippen LogP contribution in [0.5, 0.6) is 0 Å². The number of hydrogen-bond donors (Lipinski definition) is 2. The van der Waals surface area contributed by atoms with E-state index < -0.39 is 15.9 Å². The lowest BCUT2D eigenvalue weighted by molar-refractivity contribution is 0.102. The number of primary sulfonamides is 1. The van der Waals surface area contributed by atoms with E-state index in [9.17, 15) is 13.2 Å². The highest BCUT2D eigenvalue weighted by Gasteiger charge is 2.18. The van der Waals surface area contributed by atoms with Gasteiger partial charge in [0.15, 0.2) is 0 Å². The van der Waals surface area contributed by atoms with Gasteiger partial charge in [-0.1, -0.05) is 12.1 Å². The zero-order chi connectivity index (χ0) is 16.5. The molecule has 1 aromatic carbocycles. The Bertz CT molecular complexity index is 847. The van der Waals surface area contributed by atoms with Gasteiger partial charge in [0.1, 0.15) is 10.6 Å². The summed E-state index contributed by atoms with van der Waals surface area (Å²) in [7, 11) is -3.94. The molecule has 0 aliphatic rings. The first-order chi connectivity index (χ1) is 10.2. The minimum absolute atomic E-state index is 0.106. The van der Waals surface area contributed by atoms with E-state index in [1.807, 2.05) is 0 Å². The van der Waals surface area contributed by atoms with Crippen molar-refractivity contribution in [1.82, 2.24) is 9.97 Å². The Morgan fingerprint density at radius 3 is 2.27 bits per heavy atom. The SMILES string of the molecule is Cc1nc(C)c(C(=O)Nc2ccccc2S(N)(=O)=O)nc1C. The highest BCUT2D eigenvalue weighted by Crippen LogP contribution is 2.20. The number of benzene rings is 1. The molecule has 0 fully saturated rings. The van der Waals surface area contributed by atoms with Crippen LogP contribution in [0.2, 0.25) is 0 Å². The number of aromatic nitrogens is 2. The summed E-state index contributed by atoms with van der Waals surface area (Å²) >= 11 is 0. The van der Waals surface area contributed by atoms with E-state index >= 15 is 0 Å². The van der Waals surface area contributed by atoms with Gasteiger partial charge in [-0.05, 0) is 32.9 Å². The molecule has 0 unspecified atom stereocenters. The van der Waals surface area contributed by atoms with Crippen LogP contribution in [0, 0.1) is 20.8 Å². The van der Waals surface area contributed by atoms with Crippen molar-refractivity contribution in [2.75, 3.05) is 5.32 Å². The molecule has 0 radical (unpaired) electrons. The van der Waals surface area contributed by atoms with E-state index in [2.05, 4.69) is 15.3 Å². The third-order valence-corrected chi connectivity index (χ3v) is 4.11. The Morgan fingerprint density at radius 2 is 1.64 bits per heavy atom. The van der Waals surface area contributed by atoms with Crippen molar-refractivity contribution in [2.45, 2.75) is 25.7 Å². The molecular weight excluding hydrogens is 304 g/mol. The maximum atomic E-state index is 12.3. The number of para-hydroxylation sites is 1. The molecular formula is C14H16N4O3S. The lowest BCUT2D eigenvalue weighted by atomic mass is 10.2. The van der Waals surface area contributed by atoms with Gasteiger partial charge in [-0.25, -0.2) is 18.5 Å². The van der Waals surface area contributed by atoms with E-state index in [0.29, 0.717) is 11.4 Å². The molecule has 8 heteroatoms. The first kappa shape index (κ1) is 16.1. The van der Waals surface area contributed by atoms with Gasteiger partial charge >= 0.3 is 0 Å². The molecule has 7 nitrogen and oxygen atoms in total. The molecule has 0 bridgehead atoms. The fourth-order valence-corrected chi connectivity index (χ4v) is 2.62. The highest BCUT2D eigenvalue weighted by molar-refractivity contribution is 7.89. The molecule has 1 aromatic heterocycles. The summed E-state index contributed by atoms with van der Waals surface area (Å²) in [4.78, 5) is 20.6. The van der Waals surface area contributed by atoms with Gasteiger partial charge in [-0.2, -0.15) is 0 Å². The third-order valence-electron chi connectivity index (χ3n) is 3.14. The number of hydrogen-bond acceptors (Lipinski definition) is 5. The van der Waals surface area contributed by atoms with Gasteiger partial charge in [-0.15, -0.1) is 0 Å². The van der Waals surface area contributed by atoms with Gasteiger partial charge < -0.3 is 5.32 Å². The summed E-state index contributed by atoms with van der Waals surface area (Å²) in [6, 6.07) is 5.91. The van der Waals surface area contributed by atoms with Crippen molar-refractivity contribution < 1.29 is 13.2 Å². The van der Waals surface area contributed by atoms with Gasteiger partial charge in [-0.3, -0.25) is 9.78 Å². The van der Waals surface area contributed by atoms with E-state index in [0.717, 1.165) is 5.69 Å². The average molecular weight is 320 g/mol. The van der Waals surface area contributed by atoms with Crippen LogP contribution in [0.4, 0.5) is 5.69 Å². The van der Waals surface area contributed by atoms with Crippen molar-refractivity contribution in [3.63, 3.8) is 0 Å². The molecule has 0 aliphatic carbocycles. The quantitative estimate of drug-likeness (QED) is 0.884. The summed E-state index contributed by atoms with van der Waals surface area (Å²) in [5.74, 6) is -0.538. The zero-order valence-electron chi connectivity index (χ0n) is 12.4. The molecule has 22 heavy (non-hydrogen) atoms. The van der Waals surface area contributed by atoms with Crippen molar-refractivity contribution in [3.05, 3.63) is 47.0 Å². The minimum Gasteiger partial charge on any atom is -0.319 e. The van der Waals surface area contributed by atoms with Crippen LogP contribution in [0.1, 0.15) is 27.6 Å². The minimum atomic E-state index is -3.94. The second-order valence-corrected chi connectivity index (χ2v) is 6.35. The zero-order valence-corrected chi connectivity index (χ0v) is 13.2. The molecule has 0 spiro atoms. The maximum absolute atomic E-state index is 12.3. The van der Waals surface area contributed by atoms with Crippen LogP contribution >= 0.6 is 0 Å². The third kappa shape index (κ3) is 3.29. The number of anilines is 1. The largest absolute Gasteiger partial charge is 0.319 e. The fraction of sp³-hybridized carbons (Fsp3) is 0.214. The summed E-state index contributed by atoms with van der Waals surface area (Å²) in [6.07, 6.45) is 0. The second kappa shape index (κ2) is 5.82. The molecule has 3 N–H and O–H groups in total. The number of rotatable bonds is 3. The van der Waals surface area contributed by atoms with Crippen LogP contribution in [0.3, 0.4) is 0 Å². The maximum Gasteiger partial charge on any atom is 0.276 e. The summed E-state index contributed by atoms with van der Waals surface area (Å²) in [6.45, 7) is 5.21. The van der Waals surface area contributed by atoms with Crippen molar-refractivity contribution in [2.24, 2.45) is 5.14 Å². The standard InChI is InChI=1S/C14H16N4O3S/c1-8-9(2)17-13(10(3)16-8)14(19)18-11-6-4-5-7-12(11)22(15,20)21/h4-7H,1-3H3,(H,18,19)(H2,15,20,21). The molecule has 0 aliphatic heterocycles. The van der Waals surface area contributed by atoms with Crippen LogP contribution in [-0.2, 0) is 10.0 Å². The molecule has 0 saturated carbocycles. The predicted octanol–water partition coefficient (Wildman–Crippen LogP) is 1.30. The van der Waals surface area contributed by atoms with Crippen molar-refractivity contribution in [1.29, 1.82) is 0 Å². The van der Waals surface area contributed by atoms with Gasteiger partial charge in [0.25, 0.3) is 5.91 Å². The average Bonchev–Trinajstić information content (AvgIpc) is 2.42. The van der Waals surface area contributed by atoms with Gasteiger partial charge in [0, 0.05) is 0 Å². The normalized spacial score (nSPS) is 11.3. The first-order valence-corrected chi connectivity index (χ1v) is 8.00. The van der Waals surface area contributed by atoms with Crippen LogP contribution in [0.15, 0.2) is 29.2 Å². The molecule has 1 amide bonds. The second-order valence-electron chi connectivity index (χ2n) is 4.82. The Labute approximate surface area is 128 Å². The lowest BCUT2D eigenvalue weighted by Gasteiger charge is -2.11. The molecule has 0 saturated heterocycles. The van der Waals surface area contributed by atoms with Crippen molar-refractivity contribution in [3.8, 4) is 0 Å². The number of nitrogens with two attached hydrogens (primary N) is 1. The lowest BCUT2D eigenvalue weighted by Crippen LogP contribution is -2.20. The fourth-order valence-electron chi connectivity index (χ4n) is 1.93. The van der Waals surface area contributed by atoms with Gasteiger partial charge in [0.05, 0.1) is 22.8 Å². The Kier molecular flexibility index (Phi) is 4.25. The molecule has 2 rings (SSSR count). The highest BCUT2D eigenvalue weighted by atomic mass is 32.2. The van der Waals surface area contributed by atoms with E-state index in [1.54, 1.807) is 26.8 Å². The summed E-state index contributed by atoms with van der Waals surface area (Å²) < 4.78 is 23.1. The van der Waals surface area contributed by atoms with E-state index in [4.69, 9.17) is 5.14 Å². The van der Waals surface area contributed by atoms with Gasteiger partial charge in [0.2, 0.25) is 10.0 Å². The number of sulfonamides is 1. The number of carbonyl (C=O) groups is 1. The Hall–Kier alpha value is -2.32. The summed E-state index contributed by atoms with van der Waals surface area (Å²) in [5.41, 5.74) is 2.09. The van der Waals surface area contributed by atoms with Crippen molar-refractivity contribution >= 4 is 21.6 Å². The first-order valence-electron chi connectivity index (χ1n) is 6.45. The molecule has 116 valence electrons. The number of aryl methyl sites for hydroxylation is 3. The Balaban J connectivity index is 2.41. The molecule has 2 aromatic rings. The molecule has 1 heterocycles. The number of carbonyl (C=O) groups excluding carboxylic acids is 1. The van der Waals surface area contributed by atoms with E-state index in [1.165, 1.54) is 18.2 Å². The predicted molar refractivity (Wildman–Crippen MR) is 82.0 cm³/mol. The van der Waals surface area contributed by atoms with Crippen LogP contribution in [-0.4, -0.2) is 24.3 Å². The monoisotopic (exact) mass is 320 g/mol. The smallest absolute Gasteiger partial charge is 0.276 e. The van der Waals surface area contributed by atoms with Crippen LogP contribution < -0.4 is 10.5 Å². The van der Waals surface area contributed by atoms with E-state index in [-0.39, 0.29) is 16.3 Å². The Morgan fingerprint density at radius 1 is 1.05 bits per heavy atom. The van der Waals surface area contributed by atoms with Crippen LogP contribution in [0.25, 0.3) is 0 Å². The number of amides is 1. The number of nitrogens with zero attached hydrogens (tertiary/aromatic N) is 2. The number of nitrogens with one attached hydrogen (secondary N) is 1. The summed E-state index contributed by atoms with van der Waals surface area (Å²) in [5, 5.41) is 7.66. The molecule has 0 atom stereocenters. The topological polar surface area (TPSA) is 115 Å².